The Balaban J connectivity index is 2.49. The third kappa shape index (κ3) is 1.72. The minimum atomic E-state index is 0.319. The van der Waals surface area contributed by atoms with Gasteiger partial charge in [0, 0.05) is 12.6 Å². The second kappa shape index (κ2) is 3.44. The normalized spacial score (nSPS) is 24.8. The van der Waals surface area contributed by atoms with Crippen LogP contribution in [0.15, 0.2) is 4.99 Å². The van der Waals surface area contributed by atoms with Gasteiger partial charge in [-0.3, -0.25) is 4.99 Å². The van der Waals surface area contributed by atoms with Crippen LogP contribution >= 0.6 is 0 Å². The maximum Gasteiger partial charge on any atom is 0.188 e. The molecule has 1 rings (SSSR count). The molecule has 82 valence electrons. The molecule has 0 spiro atoms. The fraction of sp³-hybridized carbons (Fsp3) is 0.909. The van der Waals surface area contributed by atoms with Crippen molar-refractivity contribution in [3.63, 3.8) is 0 Å². The molecule has 3 N–H and O–H groups in total. The molecule has 1 saturated carbocycles. The first-order chi connectivity index (χ1) is 6.34. The van der Waals surface area contributed by atoms with Gasteiger partial charge in [0.25, 0.3) is 0 Å². The van der Waals surface area contributed by atoms with Crippen LogP contribution in [0.25, 0.3) is 0 Å². The van der Waals surface area contributed by atoms with Gasteiger partial charge >= 0.3 is 0 Å². The zero-order valence-electron chi connectivity index (χ0n) is 10.0. The first-order valence-electron chi connectivity index (χ1n) is 5.40. The molecule has 0 bridgehead atoms. The zero-order chi connectivity index (χ0) is 11.0. The number of nitrogens with one attached hydrogen (secondary N) is 1. The number of nitrogens with two attached hydrogens (primary N) is 1. The van der Waals surface area contributed by atoms with Gasteiger partial charge in [-0.15, -0.1) is 0 Å². The van der Waals surface area contributed by atoms with Gasteiger partial charge in [-0.1, -0.05) is 34.6 Å². The Morgan fingerprint density at radius 3 is 2.14 bits per heavy atom. The summed E-state index contributed by atoms with van der Waals surface area (Å²) in [5, 5.41) is 3.30. The Hall–Kier alpha value is -0.730. The number of guanidine groups is 1. The van der Waals surface area contributed by atoms with Crippen LogP contribution in [-0.2, 0) is 0 Å². The van der Waals surface area contributed by atoms with E-state index in [0.29, 0.717) is 22.8 Å². The van der Waals surface area contributed by atoms with Crippen LogP contribution in [0.3, 0.4) is 0 Å². The Labute approximate surface area is 87.2 Å². The van der Waals surface area contributed by atoms with Gasteiger partial charge in [-0.05, 0) is 17.3 Å². The number of hydrogen-bond donors (Lipinski definition) is 2. The van der Waals surface area contributed by atoms with Crippen LogP contribution in [0.4, 0.5) is 0 Å². The van der Waals surface area contributed by atoms with Crippen molar-refractivity contribution in [2.24, 2.45) is 21.6 Å². The van der Waals surface area contributed by atoms with Crippen LogP contribution in [0, 0.1) is 10.8 Å². The molecule has 0 radical (unpaired) electrons. The molecule has 1 aliphatic rings. The van der Waals surface area contributed by atoms with Gasteiger partial charge in [0.1, 0.15) is 0 Å². The summed E-state index contributed by atoms with van der Waals surface area (Å²) in [5.41, 5.74) is 6.42. The van der Waals surface area contributed by atoms with Crippen LogP contribution in [0.1, 0.15) is 41.0 Å². The molecule has 14 heavy (non-hydrogen) atoms. The van der Waals surface area contributed by atoms with E-state index >= 15 is 0 Å². The van der Waals surface area contributed by atoms with E-state index in [-0.39, 0.29) is 0 Å². The minimum absolute atomic E-state index is 0.319. The smallest absolute Gasteiger partial charge is 0.188 e. The van der Waals surface area contributed by atoms with Crippen LogP contribution < -0.4 is 11.1 Å². The lowest BCUT2D eigenvalue weighted by Crippen LogP contribution is -2.36. The second-order valence-corrected chi connectivity index (χ2v) is 5.29. The summed E-state index contributed by atoms with van der Waals surface area (Å²) in [7, 11) is 0. The quantitative estimate of drug-likeness (QED) is 0.535. The summed E-state index contributed by atoms with van der Waals surface area (Å²) < 4.78 is 0. The topological polar surface area (TPSA) is 50.4 Å². The lowest BCUT2D eigenvalue weighted by molar-refractivity contribution is 0.457. The second-order valence-electron chi connectivity index (χ2n) is 5.29. The molecular formula is C11H23N3. The number of hydrogen-bond acceptors (Lipinski definition) is 1. The molecule has 0 atom stereocenters. The van der Waals surface area contributed by atoms with Crippen molar-refractivity contribution in [2.75, 3.05) is 6.54 Å². The van der Waals surface area contributed by atoms with Gasteiger partial charge in [0.05, 0.1) is 0 Å². The van der Waals surface area contributed by atoms with E-state index in [1.165, 1.54) is 0 Å². The zero-order valence-corrected chi connectivity index (χ0v) is 10.0. The fourth-order valence-corrected chi connectivity index (χ4v) is 1.98. The molecule has 0 aromatic heterocycles. The van der Waals surface area contributed by atoms with Crippen molar-refractivity contribution in [3.8, 4) is 0 Å². The predicted octanol–water partition coefficient (Wildman–Crippen LogP) is 1.74. The molecule has 0 unspecified atom stereocenters. The molecule has 3 nitrogen and oxygen atoms in total. The standard InChI is InChI=1S/C11H23N3/c1-6-7-13-9(12)14-8-10(2,3)11(8,4)5/h8H,6-7H2,1-5H3,(H3,12,13,14). The van der Waals surface area contributed by atoms with E-state index < -0.39 is 0 Å². The highest BCUT2D eigenvalue weighted by Gasteiger charge is 2.65. The maximum absolute atomic E-state index is 5.78. The first-order valence-corrected chi connectivity index (χ1v) is 5.40. The summed E-state index contributed by atoms with van der Waals surface area (Å²) in [6.45, 7) is 12.0. The molecule has 0 aromatic rings. The van der Waals surface area contributed by atoms with Crippen molar-refractivity contribution >= 4 is 5.96 Å². The third-order valence-corrected chi connectivity index (χ3v) is 3.82. The van der Waals surface area contributed by atoms with Gasteiger partial charge < -0.3 is 11.1 Å². The van der Waals surface area contributed by atoms with Crippen molar-refractivity contribution in [3.05, 3.63) is 0 Å². The van der Waals surface area contributed by atoms with Crippen LogP contribution in [0.2, 0.25) is 0 Å². The summed E-state index contributed by atoms with van der Waals surface area (Å²) in [6, 6.07) is 0.454. The van der Waals surface area contributed by atoms with Crippen molar-refractivity contribution in [2.45, 2.75) is 47.1 Å². The Bertz CT molecular complexity index is 227. The molecule has 3 heteroatoms. The Morgan fingerprint density at radius 2 is 1.79 bits per heavy atom. The van der Waals surface area contributed by atoms with E-state index in [1.807, 2.05) is 0 Å². The van der Waals surface area contributed by atoms with Crippen LogP contribution in [-0.4, -0.2) is 18.5 Å². The SMILES string of the molecule is CCCN=C(N)NC1C(C)(C)C1(C)C. The van der Waals surface area contributed by atoms with E-state index in [4.69, 9.17) is 5.73 Å². The molecular weight excluding hydrogens is 174 g/mol. The molecule has 1 fully saturated rings. The van der Waals surface area contributed by atoms with E-state index in [2.05, 4.69) is 44.9 Å². The molecule has 0 amide bonds. The Kier molecular flexibility index (Phi) is 2.79. The molecule has 1 aliphatic carbocycles. The van der Waals surface area contributed by atoms with Crippen molar-refractivity contribution in [1.82, 2.24) is 5.32 Å². The average Bonchev–Trinajstić information content (AvgIpc) is 2.44. The Morgan fingerprint density at radius 1 is 1.29 bits per heavy atom. The molecule has 0 saturated heterocycles. The van der Waals surface area contributed by atoms with Gasteiger partial charge in [-0.25, -0.2) is 0 Å². The van der Waals surface area contributed by atoms with E-state index in [0.717, 1.165) is 13.0 Å². The van der Waals surface area contributed by atoms with Gasteiger partial charge in [0.2, 0.25) is 0 Å². The highest BCUT2D eigenvalue weighted by molar-refractivity contribution is 5.79. The van der Waals surface area contributed by atoms with Crippen LogP contribution in [0.5, 0.6) is 0 Å². The molecule has 0 aromatic carbocycles. The number of nitrogens with zero attached hydrogens (tertiary/aromatic N) is 1. The maximum atomic E-state index is 5.78. The number of rotatable bonds is 3. The average molecular weight is 197 g/mol. The van der Waals surface area contributed by atoms with Crippen molar-refractivity contribution < 1.29 is 0 Å². The highest BCUT2D eigenvalue weighted by atomic mass is 15.2. The van der Waals surface area contributed by atoms with Crippen molar-refractivity contribution in [1.29, 1.82) is 0 Å². The third-order valence-electron chi connectivity index (χ3n) is 3.82. The predicted molar refractivity (Wildman–Crippen MR) is 61.3 cm³/mol. The molecule has 0 aliphatic heterocycles. The molecule has 0 heterocycles. The number of aliphatic imine (C=N–C) groups is 1. The fourth-order valence-electron chi connectivity index (χ4n) is 1.98. The van der Waals surface area contributed by atoms with E-state index in [1.54, 1.807) is 0 Å². The van der Waals surface area contributed by atoms with E-state index in [9.17, 15) is 0 Å². The van der Waals surface area contributed by atoms with Gasteiger partial charge in [-0.2, -0.15) is 0 Å². The first kappa shape index (κ1) is 11.3. The summed E-state index contributed by atoms with van der Waals surface area (Å²) in [4.78, 5) is 4.24. The largest absolute Gasteiger partial charge is 0.370 e. The lowest BCUT2D eigenvalue weighted by Gasteiger charge is -2.06. The minimum Gasteiger partial charge on any atom is -0.370 e. The highest BCUT2D eigenvalue weighted by Crippen LogP contribution is 2.62. The summed E-state index contributed by atoms with van der Waals surface area (Å²) in [6.07, 6.45) is 1.04. The monoisotopic (exact) mass is 197 g/mol. The summed E-state index contributed by atoms with van der Waals surface area (Å²) >= 11 is 0. The van der Waals surface area contributed by atoms with Gasteiger partial charge in [0.15, 0.2) is 5.96 Å². The lowest BCUT2D eigenvalue weighted by atomic mass is 10.0. The summed E-state index contributed by atoms with van der Waals surface area (Å²) in [5.74, 6) is 0.593.